The monoisotopic (exact) mass is 284 g/mol. The van der Waals surface area contributed by atoms with Crippen LogP contribution in [0.5, 0.6) is 0 Å². The van der Waals surface area contributed by atoms with Gasteiger partial charge in [-0.2, -0.15) is 0 Å². The van der Waals surface area contributed by atoms with Crippen molar-refractivity contribution in [1.82, 2.24) is 0 Å². The van der Waals surface area contributed by atoms with E-state index in [4.69, 9.17) is 4.42 Å². The third-order valence-corrected chi connectivity index (χ3v) is 4.04. The summed E-state index contributed by atoms with van der Waals surface area (Å²) in [6.07, 6.45) is 13.1. The van der Waals surface area contributed by atoms with E-state index in [0.29, 0.717) is 0 Å². The van der Waals surface area contributed by atoms with Crippen LogP contribution in [0.25, 0.3) is 27.8 Å². The summed E-state index contributed by atoms with van der Waals surface area (Å²) in [6.45, 7) is 4.02. The van der Waals surface area contributed by atoms with Gasteiger partial charge in [0.15, 0.2) is 0 Å². The van der Waals surface area contributed by atoms with Crippen LogP contribution in [0, 0.1) is 0 Å². The van der Waals surface area contributed by atoms with Crippen molar-refractivity contribution in [3.8, 4) is 0 Å². The topological polar surface area (TPSA) is 13.1 Å². The van der Waals surface area contributed by atoms with Gasteiger partial charge in [-0.3, -0.25) is 0 Å². The Labute approximate surface area is 129 Å². The lowest BCUT2D eigenvalue weighted by Crippen LogP contribution is -1.85. The fraction of sp³-hybridized carbons (Fsp3) is 0.0476. The fourth-order valence-corrected chi connectivity index (χ4v) is 2.97. The minimum Gasteiger partial charge on any atom is -0.456 e. The molecule has 0 bridgehead atoms. The van der Waals surface area contributed by atoms with E-state index in [1.165, 1.54) is 21.7 Å². The van der Waals surface area contributed by atoms with Gasteiger partial charge in [-0.25, -0.2) is 0 Å². The van der Waals surface area contributed by atoms with Crippen LogP contribution >= 0.6 is 0 Å². The highest BCUT2D eigenvalue weighted by Crippen LogP contribution is 2.34. The molecule has 106 valence electrons. The van der Waals surface area contributed by atoms with Gasteiger partial charge in [0, 0.05) is 10.9 Å². The van der Waals surface area contributed by atoms with Crippen LogP contribution in [0.3, 0.4) is 0 Å². The highest BCUT2D eigenvalue weighted by Gasteiger charge is 2.14. The molecule has 1 aromatic heterocycles. The average molecular weight is 284 g/mol. The molecule has 0 saturated carbocycles. The number of benzene rings is 2. The Balaban J connectivity index is 2.05. The van der Waals surface area contributed by atoms with Crippen LogP contribution in [-0.4, -0.2) is 0 Å². The Morgan fingerprint density at radius 2 is 1.82 bits per heavy atom. The molecule has 2 aromatic carbocycles. The zero-order chi connectivity index (χ0) is 14.9. The van der Waals surface area contributed by atoms with E-state index in [1.54, 1.807) is 0 Å². The van der Waals surface area contributed by atoms with Gasteiger partial charge < -0.3 is 4.42 Å². The summed E-state index contributed by atoms with van der Waals surface area (Å²) in [4.78, 5) is 0. The van der Waals surface area contributed by atoms with E-state index in [0.717, 1.165) is 23.3 Å². The molecule has 0 saturated heterocycles. The molecule has 0 unspecified atom stereocenters. The largest absolute Gasteiger partial charge is 0.456 e. The lowest BCUT2D eigenvalue weighted by Gasteiger charge is -2.01. The van der Waals surface area contributed by atoms with Crippen LogP contribution in [0.2, 0.25) is 0 Å². The summed E-state index contributed by atoms with van der Waals surface area (Å²) in [5.41, 5.74) is 3.14. The fourth-order valence-electron chi connectivity index (χ4n) is 2.97. The van der Waals surface area contributed by atoms with Crippen molar-refractivity contribution in [3.05, 3.63) is 90.3 Å². The molecule has 0 radical (unpaired) electrons. The van der Waals surface area contributed by atoms with Crippen molar-refractivity contribution < 1.29 is 4.42 Å². The van der Waals surface area contributed by atoms with E-state index >= 15 is 0 Å². The minimum absolute atomic E-state index is 0.859. The van der Waals surface area contributed by atoms with Crippen molar-refractivity contribution in [1.29, 1.82) is 0 Å². The third-order valence-electron chi connectivity index (χ3n) is 4.04. The minimum atomic E-state index is 0.859. The molecule has 0 aliphatic heterocycles. The van der Waals surface area contributed by atoms with Crippen molar-refractivity contribution in [2.45, 2.75) is 6.42 Å². The first kappa shape index (κ1) is 12.9. The quantitative estimate of drug-likeness (QED) is 0.506. The van der Waals surface area contributed by atoms with Gasteiger partial charge in [0.1, 0.15) is 11.3 Å². The van der Waals surface area contributed by atoms with Crippen LogP contribution < -0.4 is 0 Å². The second-order valence-electron chi connectivity index (χ2n) is 5.50. The van der Waals surface area contributed by atoms with Crippen molar-refractivity contribution in [2.24, 2.45) is 0 Å². The molecule has 1 nitrogen and oxygen atoms in total. The molecule has 3 aromatic rings. The normalized spacial score (nSPS) is 19.0. The van der Waals surface area contributed by atoms with Crippen LogP contribution in [0.15, 0.2) is 83.3 Å². The first-order chi connectivity index (χ1) is 10.8. The van der Waals surface area contributed by atoms with Crippen molar-refractivity contribution in [3.63, 3.8) is 0 Å². The van der Waals surface area contributed by atoms with Crippen molar-refractivity contribution in [2.75, 3.05) is 0 Å². The molecule has 0 atom stereocenters. The summed E-state index contributed by atoms with van der Waals surface area (Å²) >= 11 is 0. The number of fused-ring (bicyclic) bond motifs is 5. The number of allylic oxidation sites excluding steroid dienone is 6. The smallest absolute Gasteiger partial charge is 0.135 e. The summed E-state index contributed by atoms with van der Waals surface area (Å²) in [6, 6.07) is 12.6. The van der Waals surface area contributed by atoms with Crippen LogP contribution in [-0.2, 0) is 6.42 Å². The first-order valence-electron chi connectivity index (χ1n) is 7.46. The van der Waals surface area contributed by atoms with Gasteiger partial charge in [0.05, 0.1) is 0 Å². The molecule has 0 amide bonds. The molecule has 0 N–H and O–H groups in total. The summed E-state index contributed by atoms with van der Waals surface area (Å²) in [5, 5.41) is 3.71. The third kappa shape index (κ3) is 2.11. The van der Waals surface area contributed by atoms with E-state index < -0.39 is 0 Å². The van der Waals surface area contributed by atoms with E-state index in [2.05, 4.69) is 55.1 Å². The molecule has 1 aliphatic rings. The highest BCUT2D eigenvalue weighted by molar-refractivity contribution is 6.08. The molecular formula is C21H16O. The number of rotatable bonds is 0. The predicted octanol–water partition coefficient (Wildman–Crippen LogP) is 5.82. The van der Waals surface area contributed by atoms with Crippen LogP contribution in [0.1, 0.15) is 11.3 Å². The molecule has 4 rings (SSSR count). The first-order valence-corrected chi connectivity index (χ1v) is 7.46. The molecule has 1 heterocycles. The second kappa shape index (κ2) is 5.19. The van der Waals surface area contributed by atoms with Gasteiger partial charge in [-0.05, 0) is 34.9 Å². The predicted molar refractivity (Wildman–Crippen MR) is 93.9 cm³/mol. The Hall–Kier alpha value is -2.80. The number of furan rings is 1. The molecular weight excluding hydrogens is 268 g/mol. The summed E-state index contributed by atoms with van der Waals surface area (Å²) < 4.78 is 6.09. The Bertz CT molecular complexity index is 964. The lowest BCUT2D eigenvalue weighted by molar-refractivity contribution is 0.600. The van der Waals surface area contributed by atoms with E-state index in [-0.39, 0.29) is 0 Å². The van der Waals surface area contributed by atoms with Gasteiger partial charge in [0.25, 0.3) is 0 Å². The molecule has 0 spiro atoms. The Morgan fingerprint density at radius 3 is 2.77 bits per heavy atom. The van der Waals surface area contributed by atoms with Gasteiger partial charge in [-0.1, -0.05) is 67.3 Å². The maximum Gasteiger partial charge on any atom is 0.135 e. The van der Waals surface area contributed by atoms with Crippen LogP contribution in [0.4, 0.5) is 0 Å². The molecule has 1 aliphatic carbocycles. The highest BCUT2D eigenvalue weighted by atomic mass is 16.3. The number of hydrogen-bond donors (Lipinski definition) is 0. The summed E-state index contributed by atoms with van der Waals surface area (Å²) in [7, 11) is 0. The van der Waals surface area contributed by atoms with Gasteiger partial charge >= 0.3 is 0 Å². The van der Waals surface area contributed by atoms with E-state index in [1.807, 2.05) is 24.3 Å². The lowest BCUT2D eigenvalue weighted by atomic mass is 10.00. The average Bonchev–Trinajstić information content (AvgIpc) is 2.91. The Morgan fingerprint density at radius 1 is 0.909 bits per heavy atom. The zero-order valence-electron chi connectivity index (χ0n) is 12.3. The van der Waals surface area contributed by atoms with Gasteiger partial charge in [0.2, 0.25) is 0 Å². The maximum atomic E-state index is 6.09. The molecule has 22 heavy (non-hydrogen) atoms. The number of hydrogen-bond acceptors (Lipinski definition) is 1. The zero-order valence-corrected chi connectivity index (χ0v) is 12.3. The maximum absolute atomic E-state index is 6.09. The van der Waals surface area contributed by atoms with E-state index in [9.17, 15) is 0 Å². The molecule has 0 fully saturated rings. The van der Waals surface area contributed by atoms with Crippen molar-refractivity contribution >= 4 is 27.8 Å². The second-order valence-corrected chi connectivity index (χ2v) is 5.50. The summed E-state index contributed by atoms with van der Waals surface area (Å²) in [5.74, 6) is 0.924. The standard InChI is InChI=1S/C21H16O/c1-15-7-3-2-4-10-18-19(13-11-15)22-20-14-12-16-8-5-6-9-17(16)21(18)20/h2-9,11-14H,1,10H2/b4-2-,7-3-,13-11-. The van der Waals surface area contributed by atoms with Gasteiger partial charge in [-0.15, -0.1) is 0 Å². The SMILES string of the molecule is C=C1/C=C\C=C/Cc2c(oc3ccc4ccccc4c23)/C=C\1. The molecule has 1 heteroatoms. The Kier molecular flexibility index (Phi) is 3.05.